The number of esters is 2. The van der Waals surface area contributed by atoms with E-state index in [1.807, 2.05) is 61.5 Å². The van der Waals surface area contributed by atoms with Crippen molar-refractivity contribution in [1.82, 2.24) is 5.32 Å². The van der Waals surface area contributed by atoms with E-state index in [0.717, 1.165) is 22.8 Å². The van der Waals surface area contributed by atoms with Crippen LogP contribution >= 0.6 is 0 Å². The molecule has 3 aromatic rings. The highest BCUT2D eigenvalue weighted by Gasteiger charge is 2.49. The molecule has 3 aromatic carbocycles. The van der Waals surface area contributed by atoms with Gasteiger partial charge in [0.1, 0.15) is 24.2 Å². The molecule has 2 bridgehead atoms. The number of carbonyl (C=O) groups is 3. The van der Waals surface area contributed by atoms with Crippen molar-refractivity contribution in [2.45, 2.75) is 57.8 Å². The fraction of sp³-hybridized carbons (Fsp3) is 0.405. The van der Waals surface area contributed by atoms with Crippen molar-refractivity contribution >= 4 is 28.6 Å². The molecule has 0 unspecified atom stereocenters. The number of hydrogen-bond acceptors (Lipinski definition) is 8. The van der Waals surface area contributed by atoms with Crippen LogP contribution in [0.3, 0.4) is 0 Å². The lowest BCUT2D eigenvalue weighted by Gasteiger charge is -2.35. The Kier molecular flexibility index (Phi) is 8.72. The molecule has 0 aromatic heterocycles. The zero-order chi connectivity index (χ0) is 32.4. The Morgan fingerprint density at radius 1 is 0.978 bits per heavy atom. The molecular weight excluding hydrogens is 584 g/mol. The summed E-state index contributed by atoms with van der Waals surface area (Å²) < 4.78 is 22.7. The average Bonchev–Trinajstić information content (AvgIpc) is 3.70. The molecule has 9 heteroatoms. The highest BCUT2D eigenvalue weighted by molar-refractivity contribution is 5.98. The van der Waals surface area contributed by atoms with Crippen LogP contribution in [0.1, 0.15) is 60.5 Å². The van der Waals surface area contributed by atoms with Gasteiger partial charge >= 0.3 is 11.9 Å². The summed E-state index contributed by atoms with van der Waals surface area (Å²) in [4.78, 5) is 39.4. The lowest BCUT2D eigenvalue weighted by Crippen LogP contribution is -2.46. The molecule has 6 rings (SSSR count). The molecule has 0 radical (unpaired) electrons. The maximum atomic E-state index is 13.6. The van der Waals surface area contributed by atoms with Gasteiger partial charge in [-0.15, -0.1) is 0 Å². The summed E-state index contributed by atoms with van der Waals surface area (Å²) in [5, 5.41) is 15.1. The van der Waals surface area contributed by atoms with Crippen LogP contribution in [0.4, 0.5) is 0 Å². The molecule has 4 atom stereocenters. The van der Waals surface area contributed by atoms with Crippen molar-refractivity contribution < 1.29 is 33.3 Å². The molecule has 3 aliphatic rings. The predicted molar refractivity (Wildman–Crippen MR) is 170 cm³/mol. The van der Waals surface area contributed by atoms with Gasteiger partial charge in [0.05, 0.1) is 42.8 Å². The first-order valence-corrected chi connectivity index (χ1v) is 15.7. The Labute approximate surface area is 268 Å². The lowest BCUT2D eigenvalue weighted by molar-refractivity contribution is -0.159. The van der Waals surface area contributed by atoms with E-state index in [2.05, 4.69) is 11.4 Å². The summed E-state index contributed by atoms with van der Waals surface area (Å²) in [6.07, 6.45) is 6.86. The number of carbonyl (C=O) groups excluding carboxylic acids is 3. The number of benzene rings is 3. The van der Waals surface area contributed by atoms with Crippen LogP contribution in [0, 0.1) is 34.5 Å². The van der Waals surface area contributed by atoms with Gasteiger partial charge in [-0.05, 0) is 73.3 Å². The Bertz CT molecular complexity index is 1730. The van der Waals surface area contributed by atoms with Crippen LogP contribution in [0.15, 0.2) is 66.7 Å². The monoisotopic (exact) mass is 622 g/mol. The maximum absolute atomic E-state index is 13.6. The summed E-state index contributed by atoms with van der Waals surface area (Å²) in [5.41, 5.74) is 0.767. The summed E-state index contributed by atoms with van der Waals surface area (Å²) in [7, 11) is 2.79. The second-order valence-electron chi connectivity index (χ2n) is 12.7. The normalized spacial score (nSPS) is 26.3. The van der Waals surface area contributed by atoms with E-state index in [-0.39, 0.29) is 59.1 Å². The largest absolute Gasteiger partial charge is 0.496 e. The van der Waals surface area contributed by atoms with Gasteiger partial charge in [-0.3, -0.25) is 14.4 Å². The van der Waals surface area contributed by atoms with Crippen LogP contribution in [-0.2, 0) is 25.7 Å². The van der Waals surface area contributed by atoms with Crippen molar-refractivity contribution in [1.29, 1.82) is 5.26 Å². The number of amides is 1. The van der Waals surface area contributed by atoms with E-state index in [1.165, 1.54) is 26.4 Å². The van der Waals surface area contributed by atoms with Crippen molar-refractivity contribution in [2.75, 3.05) is 14.2 Å². The fourth-order valence-electron chi connectivity index (χ4n) is 7.26. The third-order valence-corrected chi connectivity index (χ3v) is 9.96. The maximum Gasteiger partial charge on any atom is 0.312 e. The Balaban J connectivity index is 1.11. The van der Waals surface area contributed by atoms with Crippen LogP contribution in [0.2, 0.25) is 0 Å². The second-order valence-corrected chi connectivity index (χ2v) is 12.7. The third kappa shape index (κ3) is 5.92. The van der Waals surface area contributed by atoms with Gasteiger partial charge < -0.3 is 24.3 Å². The molecule has 2 saturated carbocycles. The number of nitriles is 1. The van der Waals surface area contributed by atoms with Crippen molar-refractivity contribution in [3.05, 3.63) is 83.4 Å². The number of hydrogen-bond donors (Lipinski definition) is 1. The summed E-state index contributed by atoms with van der Waals surface area (Å²) >= 11 is 0. The Morgan fingerprint density at radius 2 is 1.72 bits per heavy atom. The van der Waals surface area contributed by atoms with Crippen LogP contribution in [-0.4, -0.2) is 44.2 Å². The second kappa shape index (κ2) is 12.9. The predicted octanol–water partition coefficient (Wildman–Crippen LogP) is 5.88. The molecule has 2 fully saturated rings. The number of nitrogens with one attached hydrogen (secondary N) is 1. The molecule has 0 aliphatic heterocycles. The fourth-order valence-corrected chi connectivity index (χ4v) is 7.26. The van der Waals surface area contributed by atoms with Crippen LogP contribution in [0.5, 0.6) is 11.5 Å². The molecule has 1 N–H and O–H groups in total. The minimum absolute atomic E-state index is 0.0250. The number of nitrogens with zero attached hydrogens (tertiary/aromatic N) is 1. The average molecular weight is 623 g/mol. The molecule has 46 heavy (non-hydrogen) atoms. The molecule has 9 nitrogen and oxygen atoms in total. The topological polar surface area (TPSA) is 124 Å². The third-order valence-electron chi connectivity index (χ3n) is 9.96. The minimum Gasteiger partial charge on any atom is -0.496 e. The van der Waals surface area contributed by atoms with Gasteiger partial charge in [0.2, 0.25) is 0 Å². The highest BCUT2D eigenvalue weighted by atomic mass is 16.5. The van der Waals surface area contributed by atoms with Crippen molar-refractivity contribution in [3.63, 3.8) is 0 Å². The summed E-state index contributed by atoms with van der Waals surface area (Å²) in [6, 6.07) is 18.8. The number of allylic oxidation sites excluding steroid dienone is 1. The van der Waals surface area contributed by atoms with Gasteiger partial charge in [-0.25, -0.2) is 0 Å². The SMILES string of the molecule is COC(=O)[C@@H]1[C@H](NC(=O)c2cc(O[C@H]3CC[C@@](C)(C(=O)OCc4cccc5ccccc45)CC3)c(C#N)cc2OC)[C@H]2C=C[C@@H]1C2. The molecule has 0 heterocycles. The zero-order valence-corrected chi connectivity index (χ0v) is 26.3. The number of rotatable bonds is 9. The Morgan fingerprint density at radius 3 is 2.46 bits per heavy atom. The number of ether oxygens (including phenoxy) is 4. The van der Waals surface area contributed by atoms with Crippen LogP contribution < -0.4 is 14.8 Å². The first-order valence-electron chi connectivity index (χ1n) is 15.7. The number of methoxy groups -OCH3 is 2. The van der Waals surface area contributed by atoms with Gasteiger partial charge in [0.15, 0.2) is 0 Å². The number of fused-ring (bicyclic) bond motifs is 3. The van der Waals surface area contributed by atoms with E-state index in [9.17, 15) is 19.6 Å². The molecule has 1 amide bonds. The van der Waals surface area contributed by atoms with E-state index < -0.39 is 23.3 Å². The molecule has 0 spiro atoms. The minimum atomic E-state index is -0.654. The highest BCUT2D eigenvalue weighted by Crippen LogP contribution is 2.45. The zero-order valence-electron chi connectivity index (χ0n) is 26.3. The van der Waals surface area contributed by atoms with E-state index in [4.69, 9.17) is 18.9 Å². The molecule has 238 valence electrons. The molecule has 0 saturated heterocycles. The van der Waals surface area contributed by atoms with Gasteiger partial charge in [0, 0.05) is 12.1 Å². The van der Waals surface area contributed by atoms with E-state index in [1.54, 1.807) is 0 Å². The first-order chi connectivity index (χ1) is 22.2. The van der Waals surface area contributed by atoms with Crippen molar-refractivity contribution in [3.8, 4) is 17.6 Å². The lowest BCUT2D eigenvalue weighted by atomic mass is 9.74. The molecular formula is C37H38N2O7. The quantitative estimate of drug-likeness (QED) is 0.232. The van der Waals surface area contributed by atoms with Crippen molar-refractivity contribution in [2.24, 2.45) is 23.2 Å². The van der Waals surface area contributed by atoms with E-state index >= 15 is 0 Å². The molecule has 3 aliphatic carbocycles. The van der Waals surface area contributed by atoms with E-state index in [0.29, 0.717) is 25.7 Å². The smallest absolute Gasteiger partial charge is 0.312 e. The summed E-state index contributed by atoms with van der Waals surface area (Å²) in [6.45, 7) is 2.13. The van der Waals surface area contributed by atoms with Gasteiger partial charge in [-0.2, -0.15) is 5.26 Å². The first kappa shape index (κ1) is 31.2. The van der Waals surface area contributed by atoms with Crippen LogP contribution in [0.25, 0.3) is 10.8 Å². The van der Waals surface area contributed by atoms with Gasteiger partial charge in [0.25, 0.3) is 5.91 Å². The van der Waals surface area contributed by atoms with Gasteiger partial charge in [-0.1, -0.05) is 54.6 Å². The Hall–Kier alpha value is -4.84. The standard InChI is InChI=1S/C37H38N2O7/c1-37(36(42)45-21-25-9-6-8-22-7-4-5-10-28(22)25)15-13-27(14-16-37)46-30-19-29(31(43-2)18-26(30)20-38)34(40)39-33-24-12-11-23(17-24)32(33)35(41)44-3/h4-12,18-19,23-24,27,32-33H,13-17,21H2,1-3H3,(H,39,40)/t23-,24+,27-,32+,33-,37+/m1/s1. The summed E-state index contributed by atoms with van der Waals surface area (Å²) in [5.74, 6) is -0.890.